The van der Waals surface area contributed by atoms with Crippen molar-refractivity contribution in [3.8, 4) is 0 Å². The quantitative estimate of drug-likeness (QED) is 0.778. The molecular weight excluding hydrogens is 233 g/mol. The molecule has 1 saturated heterocycles. The summed E-state index contributed by atoms with van der Waals surface area (Å²) in [5, 5.41) is 11.5. The second-order valence-corrected chi connectivity index (χ2v) is 4.66. The maximum atomic E-state index is 12.0. The fraction of sp³-hybridized carbons (Fsp3) is 1.00. The lowest BCUT2D eigenvalue weighted by Gasteiger charge is -2.32. The Bertz CT molecular complexity index is 217. The lowest BCUT2D eigenvalue weighted by Crippen LogP contribution is -2.46. The number of alkyl halides is 3. The smallest absolute Gasteiger partial charge is 0.382 e. The molecule has 1 aliphatic heterocycles. The maximum absolute atomic E-state index is 12.0. The van der Waals surface area contributed by atoms with Gasteiger partial charge in [-0.3, -0.25) is 4.90 Å². The Balaban J connectivity index is 2.17. The Labute approximate surface area is 100.0 Å². The molecule has 0 spiro atoms. The standard InChI is InChI=1S/C11H21F3N2O/c1-9(16-5-3-2-4-6-16)7-15-8-10(17)11(12,13)14/h9-10,15,17H,2-8H2,1H3. The Morgan fingerprint density at radius 3 is 2.29 bits per heavy atom. The summed E-state index contributed by atoms with van der Waals surface area (Å²) in [6.45, 7) is 4.09. The van der Waals surface area contributed by atoms with Crippen LogP contribution >= 0.6 is 0 Å². The van der Waals surface area contributed by atoms with Crippen molar-refractivity contribution in [2.45, 2.75) is 44.5 Å². The molecule has 2 N–H and O–H groups in total. The highest BCUT2D eigenvalue weighted by Crippen LogP contribution is 2.19. The molecule has 0 amide bonds. The average molecular weight is 254 g/mol. The molecule has 0 aromatic carbocycles. The van der Waals surface area contributed by atoms with Crippen LogP contribution < -0.4 is 5.32 Å². The summed E-state index contributed by atoms with van der Waals surface area (Å²) >= 11 is 0. The first kappa shape index (κ1) is 14.7. The molecule has 0 aromatic rings. The molecule has 0 aromatic heterocycles. The van der Waals surface area contributed by atoms with Gasteiger partial charge in [-0.25, -0.2) is 0 Å². The number of nitrogens with zero attached hydrogens (tertiary/aromatic N) is 1. The maximum Gasteiger partial charge on any atom is 0.415 e. The van der Waals surface area contributed by atoms with E-state index >= 15 is 0 Å². The van der Waals surface area contributed by atoms with E-state index in [0.29, 0.717) is 6.54 Å². The zero-order chi connectivity index (χ0) is 12.9. The number of rotatable bonds is 5. The SMILES string of the molecule is CC(CNCC(O)C(F)(F)F)N1CCCCC1. The summed E-state index contributed by atoms with van der Waals surface area (Å²) in [5.41, 5.74) is 0. The number of hydrogen-bond donors (Lipinski definition) is 2. The summed E-state index contributed by atoms with van der Waals surface area (Å²) in [5.74, 6) is 0. The fourth-order valence-corrected chi connectivity index (χ4v) is 2.03. The highest BCUT2D eigenvalue weighted by Gasteiger charge is 2.37. The Morgan fingerprint density at radius 2 is 1.76 bits per heavy atom. The van der Waals surface area contributed by atoms with Crippen LogP contribution in [0.2, 0.25) is 0 Å². The molecule has 1 aliphatic rings. The minimum absolute atomic E-state index is 0.218. The zero-order valence-corrected chi connectivity index (χ0v) is 10.1. The van der Waals surface area contributed by atoms with E-state index < -0.39 is 18.8 Å². The van der Waals surface area contributed by atoms with E-state index in [9.17, 15) is 13.2 Å². The Kier molecular flexibility index (Phi) is 5.69. The van der Waals surface area contributed by atoms with E-state index in [-0.39, 0.29) is 6.04 Å². The molecule has 0 bridgehead atoms. The van der Waals surface area contributed by atoms with Gasteiger partial charge < -0.3 is 10.4 Å². The van der Waals surface area contributed by atoms with Crippen LogP contribution in [-0.2, 0) is 0 Å². The molecule has 2 unspecified atom stereocenters. The first-order valence-corrected chi connectivity index (χ1v) is 6.11. The molecular formula is C11H21F3N2O. The fourth-order valence-electron chi connectivity index (χ4n) is 2.03. The van der Waals surface area contributed by atoms with Crippen molar-refractivity contribution in [3.63, 3.8) is 0 Å². The monoisotopic (exact) mass is 254 g/mol. The summed E-state index contributed by atoms with van der Waals surface area (Å²) in [6, 6.07) is 0.218. The molecule has 6 heteroatoms. The minimum atomic E-state index is -4.53. The molecule has 1 heterocycles. The van der Waals surface area contributed by atoms with Crippen molar-refractivity contribution in [2.24, 2.45) is 0 Å². The molecule has 0 aliphatic carbocycles. The number of likely N-dealkylation sites (tertiary alicyclic amines) is 1. The third kappa shape index (κ3) is 5.23. The summed E-state index contributed by atoms with van der Waals surface area (Å²) in [6.07, 6.45) is -3.23. The van der Waals surface area contributed by atoms with E-state index in [1.165, 1.54) is 6.42 Å². The molecule has 3 nitrogen and oxygen atoms in total. The van der Waals surface area contributed by atoms with Crippen LogP contribution in [0.4, 0.5) is 13.2 Å². The Morgan fingerprint density at radius 1 is 1.18 bits per heavy atom. The van der Waals surface area contributed by atoms with Crippen LogP contribution in [-0.4, -0.2) is 54.5 Å². The van der Waals surface area contributed by atoms with Crippen LogP contribution in [0.15, 0.2) is 0 Å². The third-order valence-corrected chi connectivity index (χ3v) is 3.17. The van der Waals surface area contributed by atoms with Crippen molar-refractivity contribution in [3.05, 3.63) is 0 Å². The molecule has 0 saturated carbocycles. The number of aliphatic hydroxyl groups is 1. The van der Waals surface area contributed by atoms with Crippen LogP contribution in [0, 0.1) is 0 Å². The Hall–Kier alpha value is -0.330. The zero-order valence-electron chi connectivity index (χ0n) is 10.1. The number of hydrogen-bond acceptors (Lipinski definition) is 3. The number of aliphatic hydroxyl groups excluding tert-OH is 1. The van der Waals surface area contributed by atoms with Gasteiger partial charge in [0.05, 0.1) is 0 Å². The van der Waals surface area contributed by atoms with Crippen LogP contribution in [0.3, 0.4) is 0 Å². The van der Waals surface area contributed by atoms with Gasteiger partial charge in [0.2, 0.25) is 0 Å². The summed E-state index contributed by atoms with van der Waals surface area (Å²) in [4.78, 5) is 2.27. The first-order chi connectivity index (χ1) is 7.91. The second kappa shape index (κ2) is 6.56. The number of nitrogens with one attached hydrogen (secondary N) is 1. The predicted molar refractivity (Wildman–Crippen MR) is 59.8 cm³/mol. The van der Waals surface area contributed by atoms with Gasteiger partial charge in [-0.15, -0.1) is 0 Å². The van der Waals surface area contributed by atoms with Gasteiger partial charge in [0, 0.05) is 19.1 Å². The van der Waals surface area contributed by atoms with Crippen LogP contribution in [0.1, 0.15) is 26.2 Å². The highest BCUT2D eigenvalue weighted by molar-refractivity contribution is 4.75. The molecule has 2 atom stereocenters. The lowest BCUT2D eigenvalue weighted by atomic mass is 10.1. The van der Waals surface area contributed by atoms with Crippen molar-refractivity contribution < 1.29 is 18.3 Å². The predicted octanol–water partition coefficient (Wildman–Crippen LogP) is 1.37. The van der Waals surface area contributed by atoms with Gasteiger partial charge in [0.15, 0.2) is 6.10 Å². The van der Waals surface area contributed by atoms with Gasteiger partial charge in [0.1, 0.15) is 0 Å². The molecule has 1 rings (SSSR count). The van der Waals surface area contributed by atoms with Crippen molar-refractivity contribution in [1.82, 2.24) is 10.2 Å². The van der Waals surface area contributed by atoms with Crippen molar-refractivity contribution >= 4 is 0 Å². The van der Waals surface area contributed by atoms with E-state index in [2.05, 4.69) is 10.2 Å². The van der Waals surface area contributed by atoms with E-state index in [4.69, 9.17) is 5.11 Å². The van der Waals surface area contributed by atoms with Gasteiger partial charge in [-0.2, -0.15) is 13.2 Å². The van der Waals surface area contributed by atoms with Gasteiger partial charge in [-0.05, 0) is 32.9 Å². The van der Waals surface area contributed by atoms with Crippen LogP contribution in [0.5, 0.6) is 0 Å². The molecule has 17 heavy (non-hydrogen) atoms. The third-order valence-electron chi connectivity index (χ3n) is 3.17. The lowest BCUT2D eigenvalue weighted by molar-refractivity contribution is -0.201. The van der Waals surface area contributed by atoms with E-state index in [1.807, 2.05) is 6.92 Å². The van der Waals surface area contributed by atoms with Gasteiger partial charge in [0.25, 0.3) is 0 Å². The molecule has 1 fully saturated rings. The van der Waals surface area contributed by atoms with Gasteiger partial charge in [-0.1, -0.05) is 6.42 Å². The van der Waals surface area contributed by atoms with Crippen molar-refractivity contribution in [2.75, 3.05) is 26.2 Å². The average Bonchev–Trinajstić information content (AvgIpc) is 2.28. The van der Waals surface area contributed by atoms with Crippen molar-refractivity contribution in [1.29, 1.82) is 0 Å². The summed E-state index contributed by atoms with van der Waals surface area (Å²) in [7, 11) is 0. The normalized spacial score (nSPS) is 22.4. The first-order valence-electron chi connectivity index (χ1n) is 6.11. The van der Waals surface area contributed by atoms with E-state index in [1.54, 1.807) is 0 Å². The topological polar surface area (TPSA) is 35.5 Å². The number of piperidine rings is 1. The molecule has 0 radical (unpaired) electrons. The largest absolute Gasteiger partial charge is 0.415 e. The van der Waals surface area contributed by atoms with Crippen LogP contribution in [0.25, 0.3) is 0 Å². The summed E-state index contributed by atoms with van der Waals surface area (Å²) < 4.78 is 36.1. The molecule has 102 valence electrons. The van der Waals surface area contributed by atoms with E-state index in [0.717, 1.165) is 25.9 Å². The minimum Gasteiger partial charge on any atom is -0.382 e. The highest BCUT2D eigenvalue weighted by atomic mass is 19.4. The second-order valence-electron chi connectivity index (χ2n) is 4.66. The van der Waals surface area contributed by atoms with Gasteiger partial charge >= 0.3 is 6.18 Å². The number of halogens is 3.